The minimum atomic E-state index is 0. The molecule has 2 fully saturated rings. The third-order valence-corrected chi connectivity index (χ3v) is 3.50. The Hall–Kier alpha value is -0.150. The van der Waals surface area contributed by atoms with Crippen LogP contribution in [0.5, 0.6) is 0 Å². The maximum absolute atomic E-state index is 5.79. The van der Waals surface area contributed by atoms with E-state index in [1.807, 2.05) is 0 Å². The number of halogens is 1. The van der Waals surface area contributed by atoms with Gasteiger partial charge >= 0.3 is 0 Å². The molecule has 0 unspecified atom stereocenters. The molecule has 14 heavy (non-hydrogen) atoms. The van der Waals surface area contributed by atoms with E-state index in [0.29, 0.717) is 11.6 Å². The van der Waals surface area contributed by atoms with Crippen LogP contribution in [-0.4, -0.2) is 36.2 Å². The van der Waals surface area contributed by atoms with Crippen LogP contribution in [0, 0.1) is 0 Å². The Labute approximate surface area is 86.0 Å². The van der Waals surface area contributed by atoms with Gasteiger partial charge in [-0.05, 0) is 52.6 Å². The van der Waals surface area contributed by atoms with Gasteiger partial charge in [-0.3, -0.25) is 9.60 Å². The van der Waals surface area contributed by atoms with E-state index in [4.69, 9.17) is 4.74 Å². The van der Waals surface area contributed by atoms with Crippen LogP contribution in [0.2, 0.25) is 0 Å². The van der Waals surface area contributed by atoms with Gasteiger partial charge in [-0.25, -0.2) is 0 Å². The van der Waals surface area contributed by atoms with Crippen molar-refractivity contribution in [1.82, 2.24) is 4.90 Å². The fourth-order valence-electron chi connectivity index (χ4n) is 2.78. The Kier molecular flexibility index (Phi) is 3.90. The normalized spacial score (nSPS) is 25.1. The molecule has 0 amide bonds. The molecule has 2 aliphatic rings. The molecule has 0 aromatic heterocycles. The number of hydrogen-bond donors (Lipinski definition) is 0. The van der Waals surface area contributed by atoms with Crippen molar-refractivity contribution in [2.45, 2.75) is 51.2 Å². The van der Waals surface area contributed by atoms with Crippen LogP contribution in [0.3, 0.4) is 0 Å². The van der Waals surface area contributed by atoms with Crippen molar-refractivity contribution < 1.29 is 9.44 Å². The highest BCUT2D eigenvalue weighted by Crippen LogP contribution is 2.38. The molecule has 2 rings (SSSR count). The average Bonchev–Trinajstić information content (AvgIpc) is 2.57. The summed E-state index contributed by atoms with van der Waals surface area (Å²) < 4.78 is 5.79. The number of nitrogens with zero attached hydrogens (tertiary/aromatic N) is 1. The van der Waals surface area contributed by atoms with E-state index in [9.17, 15) is 0 Å². The molecule has 0 N–H and O–H groups in total. The summed E-state index contributed by atoms with van der Waals surface area (Å²) in [7, 11) is 0. The zero-order valence-electron chi connectivity index (χ0n) is 9.29. The van der Waals surface area contributed by atoms with Crippen LogP contribution in [0.25, 0.3) is 0 Å². The van der Waals surface area contributed by atoms with Gasteiger partial charge < -0.3 is 4.74 Å². The first-order valence-corrected chi connectivity index (χ1v) is 5.60. The Morgan fingerprint density at radius 3 is 2.29 bits per heavy atom. The summed E-state index contributed by atoms with van der Waals surface area (Å²) in [6, 6.07) is 0. The lowest BCUT2D eigenvalue weighted by Gasteiger charge is -2.32. The molecule has 2 nitrogen and oxygen atoms in total. The fourth-order valence-corrected chi connectivity index (χ4v) is 2.78. The molecule has 84 valence electrons. The van der Waals surface area contributed by atoms with Crippen LogP contribution < -0.4 is 0 Å². The topological polar surface area (TPSA) is 12.5 Å². The largest absolute Gasteiger partial charge is 0.377 e. The quantitative estimate of drug-likeness (QED) is 0.697. The molecule has 2 saturated heterocycles. The van der Waals surface area contributed by atoms with Crippen molar-refractivity contribution in [2.75, 3.05) is 19.7 Å². The first-order chi connectivity index (χ1) is 6.23. The second-order valence-electron chi connectivity index (χ2n) is 4.78. The Bertz CT molecular complexity index is 174. The summed E-state index contributed by atoms with van der Waals surface area (Å²) in [6.07, 6.45) is 5.86. The van der Waals surface area contributed by atoms with Crippen LogP contribution in [0.1, 0.15) is 39.5 Å². The van der Waals surface area contributed by atoms with Gasteiger partial charge in [0.1, 0.15) is 0 Å². The summed E-state index contributed by atoms with van der Waals surface area (Å²) in [5, 5.41) is 0. The highest BCUT2D eigenvalue weighted by Gasteiger charge is 2.44. The molecule has 0 spiro atoms. The Morgan fingerprint density at radius 1 is 1.21 bits per heavy atom. The van der Waals surface area contributed by atoms with E-state index in [-0.39, 0.29) is 4.70 Å². The number of ether oxygens (including phenoxy) is 1. The highest BCUT2D eigenvalue weighted by molar-refractivity contribution is 5.00. The van der Waals surface area contributed by atoms with Crippen LogP contribution in [0.15, 0.2) is 0 Å². The SMILES string of the molecule is CC(C)OCC12CCCN1CCC2.F. The maximum atomic E-state index is 5.79. The lowest BCUT2D eigenvalue weighted by Crippen LogP contribution is -2.43. The van der Waals surface area contributed by atoms with E-state index >= 15 is 0 Å². The van der Waals surface area contributed by atoms with Gasteiger partial charge in [-0.2, -0.15) is 0 Å². The molecule has 0 radical (unpaired) electrons. The number of fused-ring (bicyclic) bond motifs is 1. The van der Waals surface area contributed by atoms with Crippen LogP contribution in [-0.2, 0) is 4.74 Å². The first kappa shape index (κ1) is 11.9. The predicted molar refractivity (Wildman–Crippen MR) is 56.4 cm³/mol. The summed E-state index contributed by atoms with van der Waals surface area (Å²) in [4.78, 5) is 2.65. The van der Waals surface area contributed by atoms with Crippen molar-refractivity contribution in [3.05, 3.63) is 0 Å². The van der Waals surface area contributed by atoms with Gasteiger partial charge in [0.25, 0.3) is 0 Å². The van der Waals surface area contributed by atoms with Crippen molar-refractivity contribution in [1.29, 1.82) is 0 Å². The number of rotatable bonds is 3. The molecule has 0 bridgehead atoms. The standard InChI is InChI=1S/C11H21NO.FH/c1-10(2)13-9-11-5-3-7-12(11)8-4-6-11;/h10H,3-9H2,1-2H3;1H. The van der Waals surface area contributed by atoms with Crippen molar-refractivity contribution in [2.24, 2.45) is 0 Å². The van der Waals surface area contributed by atoms with E-state index < -0.39 is 0 Å². The molecule has 0 atom stereocenters. The highest BCUT2D eigenvalue weighted by atomic mass is 19.0. The smallest absolute Gasteiger partial charge is 0.0653 e. The molecular weight excluding hydrogens is 181 g/mol. The molecule has 0 aliphatic carbocycles. The fraction of sp³-hybridized carbons (Fsp3) is 1.00. The zero-order chi connectivity index (χ0) is 9.31. The Morgan fingerprint density at radius 2 is 1.79 bits per heavy atom. The van der Waals surface area contributed by atoms with Gasteiger partial charge in [0.2, 0.25) is 0 Å². The lowest BCUT2D eigenvalue weighted by atomic mass is 9.95. The maximum Gasteiger partial charge on any atom is 0.0653 e. The van der Waals surface area contributed by atoms with Crippen molar-refractivity contribution in [3.63, 3.8) is 0 Å². The molecule has 2 aliphatic heterocycles. The summed E-state index contributed by atoms with van der Waals surface area (Å²) in [5.41, 5.74) is 0.449. The van der Waals surface area contributed by atoms with E-state index in [2.05, 4.69) is 18.7 Å². The van der Waals surface area contributed by atoms with Gasteiger partial charge in [0, 0.05) is 5.54 Å². The second kappa shape index (κ2) is 4.58. The van der Waals surface area contributed by atoms with Gasteiger partial charge in [-0.15, -0.1) is 0 Å². The van der Waals surface area contributed by atoms with Crippen molar-refractivity contribution >= 4 is 0 Å². The van der Waals surface area contributed by atoms with Crippen LogP contribution >= 0.6 is 0 Å². The van der Waals surface area contributed by atoms with Crippen LogP contribution in [0.4, 0.5) is 4.70 Å². The monoisotopic (exact) mass is 203 g/mol. The second-order valence-corrected chi connectivity index (χ2v) is 4.78. The molecule has 2 heterocycles. The number of hydrogen-bond acceptors (Lipinski definition) is 2. The third kappa shape index (κ3) is 2.09. The zero-order valence-corrected chi connectivity index (χ0v) is 9.29. The van der Waals surface area contributed by atoms with E-state index in [1.165, 1.54) is 38.8 Å². The molecular formula is C11H22FNO. The summed E-state index contributed by atoms with van der Waals surface area (Å²) >= 11 is 0. The van der Waals surface area contributed by atoms with Gasteiger partial charge in [0.15, 0.2) is 0 Å². The lowest BCUT2D eigenvalue weighted by molar-refractivity contribution is 0.00312. The van der Waals surface area contributed by atoms with Gasteiger partial charge in [0.05, 0.1) is 12.7 Å². The van der Waals surface area contributed by atoms with Gasteiger partial charge in [-0.1, -0.05) is 0 Å². The van der Waals surface area contributed by atoms with Crippen molar-refractivity contribution in [3.8, 4) is 0 Å². The Balaban J connectivity index is 0.000000980. The molecule has 0 aromatic rings. The minimum Gasteiger partial charge on any atom is -0.377 e. The summed E-state index contributed by atoms with van der Waals surface area (Å²) in [6.45, 7) is 7.84. The molecule has 0 saturated carbocycles. The first-order valence-electron chi connectivity index (χ1n) is 5.60. The molecule has 3 heteroatoms. The predicted octanol–water partition coefficient (Wildman–Crippen LogP) is 2.19. The van der Waals surface area contributed by atoms with E-state index in [0.717, 1.165) is 6.61 Å². The average molecular weight is 203 g/mol. The molecule has 0 aromatic carbocycles. The third-order valence-electron chi connectivity index (χ3n) is 3.50. The minimum absolute atomic E-state index is 0. The van der Waals surface area contributed by atoms with E-state index in [1.54, 1.807) is 0 Å². The summed E-state index contributed by atoms with van der Waals surface area (Å²) in [5.74, 6) is 0.